The van der Waals surface area contributed by atoms with Crippen LogP contribution in [0.4, 0.5) is 0 Å². The number of sulfonamides is 1. The van der Waals surface area contributed by atoms with E-state index in [1.807, 2.05) is 18.2 Å². The van der Waals surface area contributed by atoms with Gasteiger partial charge >= 0.3 is 0 Å². The number of hydrogen-bond acceptors (Lipinski definition) is 6. The summed E-state index contributed by atoms with van der Waals surface area (Å²) in [5.74, 6) is 0.684. The molecule has 232 valence electrons. The standard InChI is InChI=1S/C34H40N4O5S/c1-4-44(41,42)35-32(39)21-10-12-25-28(14-21)37-19-34(33(40)38-22-15-29(38)36(2)18-22)17-27(34)26-16-23(43-3)11-13-24(26)31(37)30(25)20-8-6-5-7-9-20/h10-14,16,20,22,27,29H,4-9,15,17-19H2,1-3H3,(H,35,39). The second-order valence-electron chi connectivity index (χ2n) is 13.6. The van der Waals surface area contributed by atoms with Gasteiger partial charge in [-0.15, -0.1) is 0 Å². The number of methoxy groups -OCH3 is 1. The SMILES string of the molecule is CCS(=O)(=O)NC(=O)c1ccc2c(C3CCCCC3)c3n(c2c1)CC1(C(=O)N2C4CC2N(C)C4)CC1c1cc(OC)ccc1-3. The van der Waals surface area contributed by atoms with Crippen LogP contribution in [-0.2, 0) is 21.4 Å². The number of benzene rings is 2. The smallest absolute Gasteiger partial charge is 0.264 e. The molecule has 9 rings (SSSR count). The van der Waals surface area contributed by atoms with Crippen molar-refractivity contribution in [2.24, 2.45) is 5.41 Å². The number of rotatable bonds is 6. The largest absolute Gasteiger partial charge is 0.497 e. The third-order valence-electron chi connectivity index (χ3n) is 11.3. The molecule has 10 heteroatoms. The van der Waals surface area contributed by atoms with Gasteiger partial charge in [0.05, 0.1) is 30.1 Å². The number of amides is 2. The molecule has 5 fully saturated rings. The Balaban J connectivity index is 1.34. The average molecular weight is 617 g/mol. The van der Waals surface area contributed by atoms with E-state index in [0.29, 0.717) is 18.0 Å². The van der Waals surface area contributed by atoms with Crippen molar-refractivity contribution in [1.29, 1.82) is 0 Å². The number of fused-ring (bicyclic) bond motifs is 8. The first-order chi connectivity index (χ1) is 21.2. The van der Waals surface area contributed by atoms with Crippen LogP contribution in [0.3, 0.4) is 0 Å². The first kappa shape index (κ1) is 28.1. The zero-order valence-corrected chi connectivity index (χ0v) is 26.5. The van der Waals surface area contributed by atoms with Crippen molar-refractivity contribution >= 4 is 32.7 Å². The molecule has 9 nitrogen and oxygen atoms in total. The average Bonchev–Trinajstić information content (AvgIpc) is 3.35. The molecule has 2 aromatic carbocycles. The predicted octanol–water partition coefficient (Wildman–Crippen LogP) is 4.80. The number of nitrogens with zero attached hydrogens (tertiary/aromatic N) is 3. The van der Waals surface area contributed by atoms with Crippen LogP contribution in [-0.4, -0.2) is 73.3 Å². The highest BCUT2D eigenvalue weighted by molar-refractivity contribution is 7.90. The van der Waals surface area contributed by atoms with E-state index >= 15 is 0 Å². The van der Waals surface area contributed by atoms with Crippen molar-refractivity contribution in [1.82, 2.24) is 19.1 Å². The molecule has 4 unspecified atom stereocenters. The fourth-order valence-electron chi connectivity index (χ4n) is 8.84. The van der Waals surface area contributed by atoms with E-state index in [-0.39, 0.29) is 29.8 Å². The van der Waals surface area contributed by atoms with Gasteiger partial charge in [0.15, 0.2) is 0 Å². The van der Waals surface area contributed by atoms with Crippen LogP contribution in [0.5, 0.6) is 5.75 Å². The summed E-state index contributed by atoms with van der Waals surface area (Å²) >= 11 is 0. The molecule has 1 aromatic heterocycles. The van der Waals surface area contributed by atoms with Gasteiger partial charge in [0.25, 0.3) is 5.91 Å². The van der Waals surface area contributed by atoms with E-state index in [0.717, 1.165) is 60.1 Å². The molecule has 2 bridgehead atoms. The lowest BCUT2D eigenvalue weighted by Crippen LogP contribution is -2.57. The Kier molecular flexibility index (Phi) is 6.27. The Hall–Kier alpha value is -3.37. The summed E-state index contributed by atoms with van der Waals surface area (Å²) in [6.45, 7) is 2.97. The van der Waals surface area contributed by atoms with E-state index in [1.54, 1.807) is 13.2 Å². The van der Waals surface area contributed by atoms with Gasteiger partial charge in [-0.25, -0.2) is 13.1 Å². The second kappa shape index (κ2) is 9.81. The van der Waals surface area contributed by atoms with Crippen LogP contribution in [0.15, 0.2) is 36.4 Å². The van der Waals surface area contributed by atoms with Gasteiger partial charge in [-0.3, -0.25) is 14.5 Å². The highest BCUT2D eigenvalue weighted by atomic mass is 32.2. The maximum absolute atomic E-state index is 14.6. The van der Waals surface area contributed by atoms with Crippen LogP contribution in [0, 0.1) is 5.41 Å². The van der Waals surface area contributed by atoms with Crippen LogP contribution >= 0.6 is 0 Å². The fourth-order valence-corrected chi connectivity index (χ4v) is 9.38. The van der Waals surface area contributed by atoms with Gasteiger partial charge < -0.3 is 14.2 Å². The summed E-state index contributed by atoms with van der Waals surface area (Å²) in [5.41, 5.74) is 5.38. The number of likely N-dealkylation sites (N-methyl/N-ethyl adjacent to an activating group) is 1. The Labute approximate surface area is 258 Å². The summed E-state index contributed by atoms with van der Waals surface area (Å²) in [4.78, 5) is 32.2. The summed E-state index contributed by atoms with van der Waals surface area (Å²) in [7, 11) is 0.0788. The van der Waals surface area contributed by atoms with Crippen LogP contribution in [0.25, 0.3) is 22.2 Å². The number of aromatic nitrogens is 1. The topological polar surface area (TPSA) is 101 Å². The first-order valence-corrected chi connectivity index (χ1v) is 17.7. The molecule has 4 atom stereocenters. The number of carbonyl (C=O) groups is 2. The van der Waals surface area contributed by atoms with Crippen molar-refractivity contribution in [3.63, 3.8) is 0 Å². The molecule has 4 aliphatic heterocycles. The zero-order chi connectivity index (χ0) is 30.5. The van der Waals surface area contributed by atoms with Crippen molar-refractivity contribution in [3.8, 4) is 17.0 Å². The maximum atomic E-state index is 14.6. The van der Waals surface area contributed by atoms with Crippen LogP contribution in [0.2, 0.25) is 0 Å². The summed E-state index contributed by atoms with van der Waals surface area (Å²) < 4.78 is 34.8. The number of carbonyl (C=O) groups excluding carboxylic acids is 2. The Morgan fingerprint density at radius 2 is 1.89 bits per heavy atom. The molecular formula is C34H40N4O5S. The normalized spacial score (nSPS) is 27.6. The van der Waals surface area contributed by atoms with Gasteiger partial charge in [-0.05, 0) is 80.6 Å². The van der Waals surface area contributed by atoms with Gasteiger partial charge in [0.1, 0.15) is 5.75 Å². The Morgan fingerprint density at radius 1 is 1.09 bits per heavy atom. The molecule has 2 saturated carbocycles. The number of nitrogens with one attached hydrogen (secondary N) is 1. The van der Waals surface area contributed by atoms with Crippen molar-refractivity contribution in [3.05, 3.63) is 53.1 Å². The third kappa shape index (κ3) is 4.02. The van der Waals surface area contributed by atoms with Gasteiger partial charge in [-0.2, -0.15) is 0 Å². The summed E-state index contributed by atoms with van der Waals surface area (Å²) in [5, 5.41) is 1.09. The quantitative estimate of drug-likeness (QED) is 0.427. The molecule has 2 aliphatic carbocycles. The van der Waals surface area contributed by atoms with Crippen molar-refractivity contribution in [2.75, 3.05) is 26.5 Å². The summed E-state index contributed by atoms with van der Waals surface area (Å²) in [6, 6.07) is 12.2. The first-order valence-electron chi connectivity index (χ1n) is 16.1. The predicted molar refractivity (Wildman–Crippen MR) is 168 cm³/mol. The van der Waals surface area contributed by atoms with Gasteiger partial charge in [0, 0.05) is 53.5 Å². The van der Waals surface area contributed by atoms with Gasteiger partial charge in [0.2, 0.25) is 15.9 Å². The minimum Gasteiger partial charge on any atom is -0.497 e. The molecule has 5 heterocycles. The van der Waals surface area contributed by atoms with E-state index in [9.17, 15) is 18.0 Å². The molecule has 1 N–H and O–H groups in total. The van der Waals surface area contributed by atoms with E-state index in [4.69, 9.17) is 4.74 Å². The number of ether oxygens (including phenoxy) is 1. The third-order valence-corrected chi connectivity index (χ3v) is 12.5. The molecular weight excluding hydrogens is 576 g/mol. The fraction of sp³-hybridized carbons (Fsp3) is 0.529. The highest BCUT2D eigenvalue weighted by Crippen LogP contribution is 2.67. The Bertz CT molecular complexity index is 1830. The highest BCUT2D eigenvalue weighted by Gasteiger charge is 2.67. The molecule has 3 saturated heterocycles. The molecule has 44 heavy (non-hydrogen) atoms. The molecule has 6 aliphatic rings. The molecule has 0 radical (unpaired) electrons. The monoisotopic (exact) mass is 616 g/mol. The summed E-state index contributed by atoms with van der Waals surface area (Å²) in [6.07, 6.45) is 7.79. The van der Waals surface area contributed by atoms with Crippen LogP contribution in [0.1, 0.15) is 85.2 Å². The van der Waals surface area contributed by atoms with Crippen LogP contribution < -0.4 is 9.46 Å². The molecule has 3 aromatic rings. The van der Waals surface area contributed by atoms with Crippen molar-refractivity contribution in [2.45, 2.75) is 82.5 Å². The van der Waals surface area contributed by atoms with Crippen molar-refractivity contribution < 1.29 is 22.7 Å². The van der Waals surface area contributed by atoms with E-state index < -0.39 is 21.3 Å². The van der Waals surface area contributed by atoms with E-state index in [2.05, 4.69) is 38.3 Å². The lowest BCUT2D eigenvalue weighted by Gasteiger charge is -2.43. The zero-order valence-electron chi connectivity index (χ0n) is 25.6. The molecule has 2 amide bonds. The maximum Gasteiger partial charge on any atom is 0.264 e. The Morgan fingerprint density at radius 3 is 2.57 bits per heavy atom. The minimum absolute atomic E-state index is 0.0840. The van der Waals surface area contributed by atoms with Gasteiger partial charge in [-0.1, -0.05) is 25.3 Å². The minimum atomic E-state index is -3.71. The molecule has 0 spiro atoms. The lowest BCUT2D eigenvalue weighted by molar-refractivity contribution is -0.149. The second-order valence-corrected chi connectivity index (χ2v) is 15.6. The number of hydrogen-bond donors (Lipinski definition) is 1. The lowest BCUT2D eigenvalue weighted by atomic mass is 9.81. The van der Waals surface area contributed by atoms with E-state index in [1.165, 1.54) is 37.3 Å².